The number of fused-ring (bicyclic) bond motifs is 2. The normalized spacial score (nSPS) is 33.8. The zero-order valence-corrected chi connectivity index (χ0v) is 19.4. The fraction of sp³-hybridized carbons (Fsp3) is 0.750. The van der Waals surface area contributed by atoms with Gasteiger partial charge in [-0.3, -0.25) is 19.2 Å². The lowest BCUT2D eigenvalue weighted by Crippen LogP contribution is -2.57. The van der Waals surface area contributed by atoms with E-state index in [1.165, 1.54) is 6.08 Å². The molecule has 3 fully saturated rings. The Hall–Kier alpha value is -2.22. The summed E-state index contributed by atoms with van der Waals surface area (Å²) in [6, 6.07) is -1.77. The van der Waals surface area contributed by atoms with Gasteiger partial charge in [-0.15, -0.1) is 6.58 Å². The maximum absolute atomic E-state index is 13.4. The first-order valence-corrected chi connectivity index (χ1v) is 12.1. The Bertz CT molecular complexity index is 740. The third-order valence-electron chi connectivity index (χ3n) is 7.32. The second-order valence-corrected chi connectivity index (χ2v) is 9.58. The lowest BCUT2D eigenvalue weighted by atomic mass is 9.99. The highest BCUT2D eigenvalue weighted by Gasteiger charge is 2.49. The van der Waals surface area contributed by atoms with Crippen molar-refractivity contribution in [2.24, 2.45) is 17.8 Å². The summed E-state index contributed by atoms with van der Waals surface area (Å²) in [5, 5.41) is 8.55. The molecule has 3 N–H and O–H groups in total. The number of likely N-dealkylation sites (N-methyl/N-ethyl adjacent to an activating group) is 1. The SMILES string of the molecule is C=CCNC(=O)C(=O)[C@@H]1CCCCCCC2CC2[C@H](NC)C(=O)N2CC[C@H](C)[C@H]2C(=O)N1. The van der Waals surface area contributed by atoms with Crippen molar-refractivity contribution in [1.82, 2.24) is 20.9 Å². The lowest BCUT2D eigenvalue weighted by Gasteiger charge is -2.31. The molecule has 0 aromatic carbocycles. The molecule has 8 heteroatoms. The average molecular weight is 447 g/mol. The van der Waals surface area contributed by atoms with Crippen molar-refractivity contribution in [1.29, 1.82) is 0 Å². The number of carbonyl (C=O) groups is 4. The van der Waals surface area contributed by atoms with Gasteiger partial charge in [-0.05, 0) is 44.1 Å². The van der Waals surface area contributed by atoms with Gasteiger partial charge in [0.25, 0.3) is 5.91 Å². The standard InChI is InChI=1S/C24H38N4O4/c1-4-12-26-23(31)21(29)18-10-8-6-5-7-9-16-14-17(16)19(25-3)24(32)28-13-11-15(2)20(28)22(30)27-18/h4,15-20,25H,1,5-14H2,2-3H3,(H,26,31)(H,27,30)/t15-,16?,17?,18-,19-,20-/m0/s1. The highest BCUT2D eigenvalue weighted by molar-refractivity contribution is 6.38. The smallest absolute Gasteiger partial charge is 0.289 e. The topological polar surface area (TPSA) is 108 Å². The molecule has 0 bridgehead atoms. The number of ketones is 1. The van der Waals surface area contributed by atoms with E-state index in [0.29, 0.717) is 24.8 Å². The van der Waals surface area contributed by atoms with Crippen molar-refractivity contribution >= 4 is 23.5 Å². The number of hydrogen-bond donors (Lipinski definition) is 3. The molecule has 32 heavy (non-hydrogen) atoms. The predicted octanol–water partition coefficient (Wildman–Crippen LogP) is 1.16. The van der Waals surface area contributed by atoms with Crippen LogP contribution in [-0.4, -0.2) is 66.7 Å². The van der Waals surface area contributed by atoms with Crippen LogP contribution in [0.15, 0.2) is 12.7 Å². The zero-order valence-electron chi connectivity index (χ0n) is 19.4. The number of Topliss-reactive ketones (excluding diaryl/α,β-unsaturated/α-hetero) is 1. The summed E-state index contributed by atoms with van der Waals surface area (Å²) in [7, 11) is 1.82. The van der Waals surface area contributed by atoms with E-state index < -0.39 is 23.8 Å². The van der Waals surface area contributed by atoms with Gasteiger partial charge in [0.2, 0.25) is 17.6 Å². The molecular formula is C24H38N4O4. The van der Waals surface area contributed by atoms with E-state index >= 15 is 0 Å². The third kappa shape index (κ3) is 5.57. The Morgan fingerprint density at radius 1 is 1.16 bits per heavy atom. The minimum atomic E-state index is -0.879. The summed E-state index contributed by atoms with van der Waals surface area (Å²) in [6.07, 6.45) is 8.71. The van der Waals surface area contributed by atoms with Crippen LogP contribution in [0, 0.1) is 17.8 Å². The molecule has 2 heterocycles. The Kier molecular flexibility index (Phi) is 8.45. The van der Waals surface area contributed by atoms with E-state index in [1.807, 2.05) is 14.0 Å². The monoisotopic (exact) mass is 446 g/mol. The Morgan fingerprint density at radius 3 is 2.56 bits per heavy atom. The van der Waals surface area contributed by atoms with E-state index in [0.717, 1.165) is 44.9 Å². The maximum atomic E-state index is 13.4. The number of rotatable bonds is 5. The van der Waals surface area contributed by atoms with Gasteiger partial charge in [-0.2, -0.15) is 0 Å². The minimum absolute atomic E-state index is 0.00696. The summed E-state index contributed by atoms with van der Waals surface area (Å²) < 4.78 is 0. The van der Waals surface area contributed by atoms with Gasteiger partial charge in [0.1, 0.15) is 6.04 Å². The molecule has 0 radical (unpaired) electrons. The van der Waals surface area contributed by atoms with Crippen molar-refractivity contribution in [2.75, 3.05) is 20.1 Å². The summed E-state index contributed by atoms with van der Waals surface area (Å²) >= 11 is 0. The van der Waals surface area contributed by atoms with Crippen LogP contribution >= 0.6 is 0 Å². The second kappa shape index (κ2) is 11.1. The summed E-state index contributed by atoms with van der Waals surface area (Å²) in [4.78, 5) is 53.4. The van der Waals surface area contributed by atoms with Crippen LogP contribution in [0.3, 0.4) is 0 Å². The van der Waals surface area contributed by atoms with Crippen LogP contribution in [0.25, 0.3) is 0 Å². The van der Waals surface area contributed by atoms with Crippen molar-refractivity contribution in [3.8, 4) is 0 Å². The predicted molar refractivity (Wildman–Crippen MR) is 122 cm³/mol. The number of hydrogen-bond acceptors (Lipinski definition) is 5. The lowest BCUT2D eigenvalue weighted by molar-refractivity contribution is -0.143. The van der Waals surface area contributed by atoms with Crippen molar-refractivity contribution in [3.05, 3.63) is 12.7 Å². The first kappa shape index (κ1) is 24.4. The van der Waals surface area contributed by atoms with Crippen LogP contribution in [-0.2, 0) is 19.2 Å². The van der Waals surface area contributed by atoms with Crippen molar-refractivity contribution in [2.45, 2.75) is 76.4 Å². The molecule has 3 aliphatic rings. The maximum Gasteiger partial charge on any atom is 0.289 e. The molecule has 1 aliphatic carbocycles. The van der Waals surface area contributed by atoms with Crippen LogP contribution < -0.4 is 16.0 Å². The van der Waals surface area contributed by atoms with E-state index in [1.54, 1.807) is 4.90 Å². The average Bonchev–Trinajstić information content (AvgIpc) is 3.42. The molecule has 2 saturated heterocycles. The molecule has 3 rings (SSSR count). The summed E-state index contributed by atoms with van der Waals surface area (Å²) in [5.41, 5.74) is 0. The van der Waals surface area contributed by atoms with E-state index in [4.69, 9.17) is 0 Å². The highest BCUT2D eigenvalue weighted by atomic mass is 16.2. The fourth-order valence-corrected chi connectivity index (χ4v) is 5.35. The summed E-state index contributed by atoms with van der Waals surface area (Å²) in [5.74, 6) is -0.816. The van der Waals surface area contributed by atoms with Gasteiger partial charge in [-0.1, -0.05) is 45.1 Å². The first-order chi connectivity index (χ1) is 15.4. The molecule has 8 nitrogen and oxygen atoms in total. The number of nitrogens with one attached hydrogen (secondary N) is 3. The first-order valence-electron chi connectivity index (χ1n) is 12.1. The molecule has 3 amide bonds. The van der Waals surface area contributed by atoms with Gasteiger partial charge < -0.3 is 20.9 Å². The number of nitrogens with zero attached hydrogens (tertiary/aromatic N) is 1. The Labute approximate surface area is 190 Å². The number of carbonyl (C=O) groups excluding carboxylic acids is 4. The molecule has 0 aromatic heterocycles. The van der Waals surface area contributed by atoms with E-state index in [9.17, 15) is 19.2 Å². The molecular weight excluding hydrogens is 408 g/mol. The summed E-state index contributed by atoms with van der Waals surface area (Å²) in [6.45, 7) is 6.24. The van der Waals surface area contributed by atoms with Gasteiger partial charge in [-0.25, -0.2) is 0 Å². The molecule has 0 aromatic rings. The molecule has 2 unspecified atom stereocenters. The zero-order chi connectivity index (χ0) is 23.3. The molecule has 2 aliphatic heterocycles. The van der Waals surface area contributed by atoms with Gasteiger partial charge in [0.15, 0.2) is 0 Å². The van der Waals surface area contributed by atoms with Crippen molar-refractivity contribution < 1.29 is 19.2 Å². The molecule has 0 spiro atoms. The molecule has 6 atom stereocenters. The van der Waals surface area contributed by atoms with Gasteiger partial charge >= 0.3 is 0 Å². The van der Waals surface area contributed by atoms with E-state index in [2.05, 4.69) is 22.5 Å². The van der Waals surface area contributed by atoms with Crippen LogP contribution in [0.4, 0.5) is 0 Å². The van der Waals surface area contributed by atoms with E-state index in [-0.39, 0.29) is 30.3 Å². The number of amides is 3. The van der Waals surface area contributed by atoms with Crippen molar-refractivity contribution in [3.63, 3.8) is 0 Å². The van der Waals surface area contributed by atoms with Crippen LogP contribution in [0.2, 0.25) is 0 Å². The molecule has 1 saturated carbocycles. The Balaban J connectivity index is 1.80. The van der Waals surface area contributed by atoms with Gasteiger partial charge in [0.05, 0.1) is 12.1 Å². The molecule has 178 valence electrons. The van der Waals surface area contributed by atoms with Gasteiger partial charge in [0, 0.05) is 13.1 Å². The minimum Gasteiger partial charge on any atom is -0.346 e. The highest BCUT2D eigenvalue weighted by Crippen LogP contribution is 2.45. The third-order valence-corrected chi connectivity index (χ3v) is 7.32. The largest absolute Gasteiger partial charge is 0.346 e. The van der Waals surface area contributed by atoms with Crippen LogP contribution in [0.1, 0.15) is 58.3 Å². The second-order valence-electron chi connectivity index (χ2n) is 9.58. The quantitative estimate of drug-likeness (QED) is 0.434. The Morgan fingerprint density at radius 2 is 1.88 bits per heavy atom. The fourth-order valence-electron chi connectivity index (χ4n) is 5.35. The van der Waals surface area contributed by atoms with Crippen LogP contribution in [0.5, 0.6) is 0 Å².